The predicted molar refractivity (Wildman–Crippen MR) is 114 cm³/mol. The van der Waals surface area contributed by atoms with Gasteiger partial charge < -0.3 is 10.2 Å². The summed E-state index contributed by atoms with van der Waals surface area (Å²) in [7, 11) is 4.94. The topological polar surface area (TPSA) is 58.3 Å². The molecule has 0 spiro atoms. The minimum Gasteiger partial charge on any atom is -0.352 e. The lowest BCUT2D eigenvalue weighted by Crippen LogP contribution is -2.38. The van der Waals surface area contributed by atoms with Crippen molar-refractivity contribution in [2.75, 3.05) is 14.1 Å². The van der Waals surface area contributed by atoms with Crippen LogP contribution in [-0.2, 0) is 39.2 Å². The number of guanidine groups is 1. The van der Waals surface area contributed by atoms with Gasteiger partial charge in [-0.2, -0.15) is 18.3 Å². The second-order valence-electron chi connectivity index (χ2n) is 6.62. The maximum Gasteiger partial charge on any atom is 0.435 e. The number of aryl methyl sites for hydroxylation is 3. The number of fused-ring (bicyclic) bond motifs is 1. The van der Waals surface area contributed by atoms with Gasteiger partial charge in [-0.25, -0.2) is 4.98 Å². The Bertz CT molecular complexity index is 806. The summed E-state index contributed by atoms with van der Waals surface area (Å²) in [6.07, 6.45) is 1.41. The molecule has 0 radical (unpaired) electrons. The van der Waals surface area contributed by atoms with Crippen molar-refractivity contribution in [2.24, 2.45) is 12.0 Å². The van der Waals surface area contributed by atoms with Gasteiger partial charge >= 0.3 is 6.18 Å². The Morgan fingerprint density at radius 2 is 2.07 bits per heavy atom. The summed E-state index contributed by atoms with van der Waals surface area (Å²) in [5.74, 6) is 0.514. The molecule has 0 unspecified atom stereocenters. The lowest BCUT2D eigenvalue weighted by atomic mass is 10.0. The van der Waals surface area contributed by atoms with Crippen molar-refractivity contribution in [1.82, 2.24) is 25.0 Å². The number of hydrogen-bond acceptors (Lipinski definition) is 4. The highest BCUT2D eigenvalue weighted by atomic mass is 127. The second-order valence-corrected chi connectivity index (χ2v) is 7.78. The van der Waals surface area contributed by atoms with Crippen molar-refractivity contribution in [3.05, 3.63) is 33.0 Å². The van der Waals surface area contributed by atoms with Crippen LogP contribution in [0, 0.1) is 0 Å². The van der Waals surface area contributed by atoms with Gasteiger partial charge in [0.25, 0.3) is 0 Å². The fraction of sp³-hybridized carbons (Fsp3) is 0.588. The minimum absolute atomic E-state index is 0. The molecule has 0 amide bonds. The van der Waals surface area contributed by atoms with E-state index >= 15 is 0 Å². The lowest BCUT2D eigenvalue weighted by molar-refractivity contribution is -0.142. The average Bonchev–Trinajstić information content (AvgIpc) is 3.17. The molecular weight excluding hydrogens is 504 g/mol. The van der Waals surface area contributed by atoms with Crippen LogP contribution in [0.1, 0.15) is 39.7 Å². The minimum atomic E-state index is -4.48. The Morgan fingerprint density at radius 1 is 1.36 bits per heavy atom. The third-order valence-corrected chi connectivity index (χ3v) is 5.59. The first kappa shape index (κ1) is 22.9. The number of halogens is 4. The number of rotatable bonds is 4. The smallest absolute Gasteiger partial charge is 0.352 e. The van der Waals surface area contributed by atoms with Gasteiger partial charge in [0.1, 0.15) is 5.01 Å². The van der Waals surface area contributed by atoms with Crippen LogP contribution in [0.2, 0.25) is 0 Å². The molecule has 3 rings (SSSR count). The number of alkyl halides is 3. The van der Waals surface area contributed by atoms with Gasteiger partial charge in [-0.3, -0.25) is 9.67 Å². The van der Waals surface area contributed by atoms with E-state index in [9.17, 15) is 13.2 Å². The first-order valence-electron chi connectivity index (χ1n) is 8.77. The van der Waals surface area contributed by atoms with E-state index in [4.69, 9.17) is 4.98 Å². The standard InChI is InChI=1S/C17H23F3N6S.HI/c1-21-16(22-8-11-9-26(3)24-15(11)17(18,19)20)25(2)10-14-23-12-6-4-5-7-13(12)27-14;/h9H,4-8,10H2,1-3H3,(H,21,22);1H. The summed E-state index contributed by atoms with van der Waals surface area (Å²) in [4.78, 5) is 12.1. The van der Waals surface area contributed by atoms with Crippen molar-refractivity contribution in [2.45, 2.75) is 44.9 Å². The first-order valence-corrected chi connectivity index (χ1v) is 9.58. The second kappa shape index (κ2) is 9.42. The molecule has 0 aromatic carbocycles. The van der Waals surface area contributed by atoms with Gasteiger partial charge in [-0.05, 0) is 25.7 Å². The monoisotopic (exact) mass is 528 g/mol. The zero-order valence-corrected chi connectivity index (χ0v) is 19.2. The van der Waals surface area contributed by atoms with Gasteiger partial charge in [0, 0.05) is 44.3 Å². The largest absolute Gasteiger partial charge is 0.435 e. The van der Waals surface area contributed by atoms with Gasteiger partial charge in [0.05, 0.1) is 12.2 Å². The zero-order valence-electron chi connectivity index (χ0n) is 16.0. The fourth-order valence-corrected chi connectivity index (χ4v) is 4.43. The van der Waals surface area contributed by atoms with E-state index in [2.05, 4.69) is 15.4 Å². The Kier molecular flexibility index (Phi) is 7.71. The van der Waals surface area contributed by atoms with Gasteiger partial charge in [-0.15, -0.1) is 35.3 Å². The molecule has 1 aliphatic carbocycles. The molecule has 0 bridgehead atoms. The van der Waals surface area contributed by atoms with Gasteiger partial charge in [0.15, 0.2) is 11.7 Å². The maximum atomic E-state index is 13.1. The summed E-state index contributed by atoms with van der Waals surface area (Å²) in [6.45, 7) is 0.560. The summed E-state index contributed by atoms with van der Waals surface area (Å²) in [5.41, 5.74) is 0.412. The van der Waals surface area contributed by atoms with Crippen molar-refractivity contribution in [3.63, 3.8) is 0 Å². The molecule has 0 saturated carbocycles. The van der Waals surface area contributed by atoms with Crippen LogP contribution in [0.25, 0.3) is 0 Å². The Labute approximate surface area is 183 Å². The molecule has 0 aliphatic heterocycles. The molecule has 2 aromatic rings. The third-order valence-electron chi connectivity index (χ3n) is 4.45. The van der Waals surface area contributed by atoms with E-state index in [0.29, 0.717) is 12.5 Å². The Hall–Kier alpha value is -1.37. The molecule has 0 atom stereocenters. The molecule has 2 heterocycles. The average molecular weight is 528 g/mol. The van der Waals surface area contributed by atoms with Crippen LogP contribution in [0.4, 0.5) is 13.2 Å². The Morgan fingerprint density at radius 3 is 2.71 bits per heavy atom. The molecule has 11 heteroatoms. The molecule has 28 heavy (non-hydrogen) atoms. The van der Waals surface area contributed by atoms with E-state index < -0.39 is 11.9 Å². The van der Waals surface area contributed by atoms with Crippen LogP contribution in [0.3, 0.4) is 0 Å². The lowest BCUT2D eigenvalue weighted by Gasteiger charge is -2.21. The number of nitrogens with one attached hydrogen (secondary N) is 1. The van der Waals surface area contributed by atoms with Crippen molar-refractivity contribution in [3.8, 4) is 0 Å². The predicted octanol–water partition coefficient (Wildman–Crippen LogP) is 3.60. The number of aromatic nitrogens is 3. The molecule has 6 nitrogen and oxygen atoms in total. The third kappa shape index (κ3) is 5.37. The van der Waals surface area contributed by atoms with Crippen LogP contribution in [0.15, 0.2) is 11.2 Å². The SMILES string of the molecule is CN=C(NCc1cn(C)nc1C(F)(F)F)N(C)Cc1nc2c(s1)CCCC2.I. The van der Waals surface area contributed by atoms with Crippen LogP contribution in [-0.4, -0.2) is 39.7 Å². The van der Waals surface area contributed by atoms with Crippen LogP contribution < -0.4 is 5.32 Å². The quantitative estimate of drug-likeness (QED) is 0.375. The van der Waals surface area contributed by atoms with Crippen molar-refractivity contribution >= 4 is 41.3 Å². The maximum absolute atomic E-state index is 13.1. The molecule has 1 aliphatic rings. The number of hydrogen-bond donors (Lipinski definition) is 1. The highest BCUT2D eigenvalue weighted by Gasteiger charge is 2.36. The summed E-state index contributed by atoms with van der Waals surface area (Å²) >= 11 is 1.72. The normalized spacial score (nSPS) is 14.4. The molecule has 156 valence electrons. The van der Waals surface area contributed by atoms with Crippen molar-refractivity contribution in [1.29, 1.82) is 0 Å². The fourth-order valence-electron chi connectivity index (χ4n) is 3.22. The Balaban J connectivity index is 0.00000280. The summed E-state index contributed by atoms with van der Waals surface area (Å²) < 4.78 is 40.4. The van der Waals surface area contributed by atoms with Crippen molar-refractivity contribution < 1.29 is 13.2 Å². The zero-order chi connectivity index (χ0) is 19.6. The highest BCUT2D eigenvalue weighted by molar-refractivity contribution is 14.0. The molecule has 0 fully saturated rings. The van der Waals surface area contributed by atoms with E-state index in [1.54, 1.807) is 18.4 Å². The number of aliphatic imine (C=N–C) groups is 1. The first-order chi connectivity index (χ1) is 12.8. The van der Waals surface area contributed by atoms with E-state index in [1.165, 1.54) is 41.3 Å². The van der Waals surface area contributed by atoms with E-state index in [-0.39, 0.29) is 36.1 Å². The molecule has 0 saturated heterocycles. The molecule has 1 N–H and O–H groups in total. The molecular formula is C17H24F3IN6S. The van der Waals surface area contributed by atoms with E-state index in [0.717, 1.165) is 17.8 Å². The van der Waals surface area contributed by atoms with Gasteiger partial charge in [-0.1, -0.05) is 0 Å². The van der Waals surface area contributed by atoms with E-state index in [1.807, 2.05) is 11.9 Å². The van der Waals surface area contributed by atoms with Gasteiger partial charge in [0.2, 0.25) is 0 Å². The summed E-state index contributed by atoms with van der Waals surface area (Å²) in [5, 5.41) is 7.52. The summed E-state index contributed by atoms with van der Waals surface area (Å²) in [6, 6.07) is 0. The highest BCUT2D eigenvalue weighted by Crippen LogP contribution is 2.30. The van der Waals surface area contributed by atoms with Crippen LogP contribution >= 0.6 is 35.3 Å². The number of thiazole rings is 1. The van der Waals surface area contributed by atoms with Crippen LogP contribution in [0.5, 0.6) is 0 Å². The number of nitrogens with zero attached hydrogens (tertiary/aromatic N) is 5. The molecule has 2 aromatic heterocycles.